The number of ether oxygens (including phenoxy) is 1. The van der Waals surface area contributed by atoms with E-state index in [0.29, 0.717) is 12.0 Å². The molecule has 4 heteroatoms. The smallest absolute Gasteiger partial charge is 0.320 e. The molecule has 24 heavy (non-hydrogen) atoms. The van der Waals surface area contributed by atoms with Crippen LogP contribution in [0.3, 0.4) is 0 Å². The fraction of sp³-hybridized carbons (Fsp3) is 0.650. The zero-order valence-electron chi connectivity index (χ0n) is 14.2. The summed E-state index contributed by atoms with van der Waals surface area (Å²) in [5, 5.41) is 9.62. The maximum atomic E-state index is 11.7. The van der Waals surface area contributed by atoms with Crippen LogP contribution in [0.2, 0.25) is 0 Å². The lowest BCUT2D eigenvalue weighted by Gasteiger charge is -2.33. The summed E-state index contributed by atoms with van der Waals surface area (Å²) in [4.78, 5) is 13.9. The van der Waals surface area contributed by atoms with Gasteiger partial charge < -0.3 is 9.84 Å². The van der Waals surface area contributed by atoms with Gasteiger partial charge in [0.05, 0.1) is 6.61 Å². The number of carbonyl (C=O) groups is 1. The number of benzene rings is 1. The van der Waals surface area contributed by atoms with Crippen molar-refractivity contribution in [3.05, 3.63) is 29.8 Å². The van der Waals surface area contributed by atoms with Gasteiger partial charge in [0.1, 0.15) is 11.8 Å². The van der Waals surface area contributed by atoms with Crippen LogP contribution in [-0.2, 0) is 11.3 Å². The maximum Gasteiger partial charge on any atom is 0.320 e. The molecule has 0 spiro atoms. The van der Waals surface area contributed by atoms with Crippen LogP contribution in [0.4, 0.5) is 0 Å². The second-order valence-corrected chi connectivity index (χ2v) is 7.77. The van der Waals surface area contributed by atoms with E-state index in [1.165, 1.54) is 37.7 Å². The molecule has 0 radical (unpaired) electrons. The van der Waals surface area contributed by atoms with Crippen LogP contribution < -0.4 is 4.74 Å². The van der Waals surface area contributed by atoms with Gasteiger partial charge in [0, 0.05) is 12.6 Å². The average Bonchev–Trinajstić information content (AvgIpc) is 3.35. The van der Waals surface area contributed by atoms with Gasteiger partial charge >= 0.3 is 5.97 Å². The van der Waals surface area contributed by atoms with Crippen LogP contribution in [0, 0.1) is 11.8 Å². The van der Waals surface area contributed by atoms with Gasteiger partial charge in [0.25, 0.3) is 0 Å². The van der Waals surface area contributed by atoms with E-state index < -0.39 is 5.97 Å². The molecule has 0 bridgehead atoms. The summed E-state index contributed by atoms with van der Waals surface area (Å²) >= 11 is 0. The molecule has 1 aromatic carbocycles. The fourth-order valence-corrected chi connectivity index (χ4v) is 4.42. The van der Waals surface area contributed by atoms with E-state index in [4.69, 9.17) is 4.74 Å². The highest BCUT2D eigenvalue weighted by atomic mass is 16.5. The SMILES string of the molecule is O=C(O)C1CC2CCCCC2N1Cc1ccc(OCC2CC2)cc1. The lowest BCUT2D eigenvalue weighted by Crippen LogP contribution is -2.41. The number of rotatable bonds is 6. The highest BCUT2D eigenvalue weighted by Crippen LogP contribution is 2.40. The summed E-state index contributed by atoms with van der Waals surface area (Å²) in [5.41, 5.74) is 1.19. The number of aliphatic carboxylic acids is 1. The molecule has 3 fully saturated rings. The Morgan fingerprint density at radius 1 is 1.12 bits per heavy atom. The van der Waals surface area contributed by atoms with Crippen molar-refractivity contribution >= 4 is 5.97 Å². The summed E-state index contributed by atoms with van der Waals surface area (Å²) < 4.78 is 5.79. The Kier molecular flexibility index (Phi) is 4.49. The Labute approximate surface area is 143 Å². The Balaban J connectivity index is 1.42. The van der Waals surface area contributed by atoms with E-state index >= 15 is 0 Å². The molecule has 0 amide bonds. The summed E-state index contributed by atoms with van der Waals surface area (Å²) in [6.45, 7) is 1.57. The van der Waals surface area contributed by atoms with Gasteiger partial charge in [-0.25, -0.2) is 0 Å². The third kappa shape index (κ3) is 3.44. The van der Waals surface area contributed by atoms with E-state index in [1.54, 1.807) is 0 Å². The van der Waals surface area contributed by atoms with Gasteiger partial charge in [-0.15, -0.1) is 0 Å². The third-order valence-corrected chi connectivity index (χ3v) is 5.98. The van der Waals surface area contributed by atoms with Gasteiger partial charge in [-0.1, -0.05) is 25.0 Å². The lowest BCUT2D eigenvalue weighted by atomic mass is 9.84. The van der Waals surface area contributed by atoms with Crippen molar-refractivity contribution in [2.45, 2.75) is 63.6 Å². The number of nitrogens with zero attached hydrogens (tertiary/aromatic N) is 1. The van der Waals surface area contributed by atoms with Gasteiger partial charge in [-0.05, 0) is 61.6 Å². The first-order valence-electron chi connectivity index (χ1n) is 9.41. The average molecular weight is 329 g/mol. The molecule has 1 saturated heterocycles. The Bertz CT molecular complexity index is 581. The molecule has 4 nitrogen and oxygen atoms in total. The van der Waals surface area contributed by atoms with E-state index in [1.807, 2.05) is 12.1 Å². The predicted molar refractivity (Wildman–Crippen MR) is 92.0 cm³/mol. The lowest BCUT2D eigenvalue weighted by molar-refractivity contribution is -0.142. The van der Waals surface area contributed by atoms with Crippen molar-refractivity contribution in [3.63, 3.8) is 0 Å². The van der Waals surface area contributed by atoms with E-state index in [0.717, 1.165) is 37.7 Å². The highest BCUT2D eigenvalue weighted by Gasteiger charge is 2.44. The van der Waals surface area contributed by atoms with Crippen LogP contribution >= 0.6 is 0 Å². The highest BCUT2D eigenvalue weighted by molar-refractivity contribution is 5.74. The fourth-order valence-electron chi connectivity index (χ4n) is 4.42. The van der Waals surface area contributed by atoms with Crippen molar-refractivity contribution in [1.29, 1.82) is 0 Å². The molecule has 1 N–H and O–H groups in total. The number of carboxylic acids is 1. The topological polar surface area (TPSA) is 49.8 Å². The molecule has 2 saturated carbocycles. The summed E-state index contributed by atoms with van der Waals surface area (Å²) in [6.07, 6.45) is 8.25. The summed E-state index contributed by atoms with van der Waals surface area (Å²) in [5.74, 6) is 1.60. The molecule has 3 unspecified atom stereocenters. The Morgan fingerprint density at radius 3 is 2.58 bits per heavy atom. The van der Waals surface area contributed by atoms with Crippen LogP contribution in [0.25, 0.3) is 0 Å². The first-order chi connectivity index (χ1) is 11.7. The van der Waals surface area contributed by atoms with Crippen molar-refractivity contribution in [1.82, 2.24) is 4.90 Å². The minimum atomic E-state index is -0.659. The maximum absolute atomic E-state index is 11.7. The van der Waals surface area contributed by atoms with E-state index in [9.17, 15) is 9.90 Å². The minimum Gasteiger partial charge on any atom is -0.493 e. The molecule has 3 aliphatic rings. The number of carboxylic acid groups (broad SMARTS) is 1. The van der Waals surface area contributed by atoms with E-state index in [2.05, 4.69) is 17.0 Å². The molecule has 1 heterocycles. The molecule has 1 aliphatic heterocycles. The largest absolute Gasteiger partial charge is 0.493 e. The van der Waals surface area contributed by atoms with Crippen LogP contribution in [-0.4, -0.2) is 34.7 Å². The monoisotopic (exact) mass is 329 g/mol. The van der Waals surface area contributed by atoms with Crippen LogP contribution in [0.5, 0.6) is 5.75 Å². The number of hydrogen-bond donors (Lipinski definition) is 1. The first-order valence-corrected chi connectivity index (χ1v) is 9.41. The Morgan fingerprint density at radius 2 is 1.88 bits per heavy atom. The zero-order valence-corrected chi connectivity index (χ0v) is 14.2. The number of hydrogen-bond acceptors (Lipinski definition) is 3. The molecular weight excluding hydrogens is 302 g/mol. The summed E-state index contributed by atoms with van der Waals surface area (Å²) in [6, 6.07) is 8.38. The van der Waals surface area contributed by atoms with Crippen molar-refractivity contribution in [2.75, 3.05) is 6.61 Å². The molecule has 3 atom stereocenters. The molecule has 1 aromatic rings. The number of likely N-dealkylation sites (tertiary alicyclic amines) is 1. The second-order valence-electron chi connectivity index (χ2n) is 7.77. The second kappa shape index (κ2) is 6.75. The predicted octanol–water partition coefficient (Wildman–Crippen LogP) is 3.69. The molecule has 0 aromatic heterocycles. The molecule has 4 rings (SSSR count). The van der Waals surface area contributed by atoms with Crippen LogP contribution in [0.1, 0.15) is 50.5 Å². The zero-order chi connectivity index (χ0) is 16.5. The van der Waals surface area contributed by atoms with Crippen molar-refractivity contribution < 1.29 is 14.6 Å². The molecular formula is C20H27NO3. The normalized spacial score (nSPS) is 30.1. The summed E-state index contributed by atoms with van der Waals surface area (Å²) in [7, 11) is 0. The molecule has 130 valence electrons. The van der Waals surface area contributed by atoms with Crippen molar-refractivity contribution in [2.24, 2.45) is 11.8 Å². The van der Waals surface area contributed by atoms with Crippen LogP contribution in [0.15, 0.2) is 24.3 Å². The third-order valence-electron chi connectivity index (χ3n) is 5.98. The standard InChI is InChI=1S/C20H27NO3/c22-20(23)19-11-16-3-1-2-4-18(16)21(19)12-14-7-9-17(10-8-14)24-13-15-5-6-15/h7-10,15-16,18-19H,1-6,11-13H2,(H,22,23). The minimum absolute atomic E-state index is 0.316. The van der Waals surface area contributed by atoms with Gasteiger partial charge in [-0.3, -0.25) is 9.69 Å². The Hall–Kier alpha value is -1.55. The number of fused-ring (bicyclic) bond motifs is 1. The van der Waals surface area contributed by atoms with Gasteiger partial charge in [-0.2, -0.15) is 0 Å². The van der Waals surface area contributed by atoms with Gasteiger partial charge in [0.15, 0.2) is 0 Å². The van der Waals surface area contributed by atoms with E-state index in [-0.39, 0.29) is 6.04 Å². The van der Waals surface area contributed by atoms with Gasteiger partial charge in [0.2, 0.25) is 0 Å². The quantitative estimate of drug-likeness (QED) is 0.865. The molecule has 2 aliphatic carbocycles. The first kappa shape index (κ1) is 15.9. The van der Waals surface area contributed by atoms with Crippen molar-refractivity contribution in [3.8, 4) is 5.75 Å².